The molecule has 4 aromatic heterocycles. The molecule has 0 saturated carbocycles. The van der Waals surface area contributed by atoms with Gasteiger partial charge < -0.3 is 19.9 Å². The molecule has 0 N–H and O–H groups in total. The van der Waals surface area contributed by atoms with E-state index in [-0.39, 0.29) is 19.5 Å². The van der Waals surface area contributed by atoms with E-state index in [0.717, 1.165) is 66.1 Å². The Hall–Kier alpha value is -5.78. The zero-order chi connectivity index (χ0) is 30.5. The van der Waals surface area contributed by atoms with Gasteiger partial charge in [0.2, 0.25) is 0 Å². The fraction of sp³-hybridized carbons (Fsp3) is 0. The van der Waals surface area contributed by atoms with Crippen molar-refractivity contribution < 1.29 is 19.5 Å². The molecular weight excluding hydrogens is 630 g/mol. The maximum atomic E-state index is 4.54. The van der Waals surface area contributed by atoms with Crippen LogP contribution < -0.4 is 9.97 Å². The molecule has 10 aromatic rings. The molecule has 10 rings (SSSR count). The zero-order valence-corrected chi connectivity index (χ0v) is 28.2. The first kappa shape index (κ1) is 28.7. The molecule has 0 unspecified atom stereocenters. The third-order valence-electron chi connectivity index (χ3n) is 8.62. The average Bonchev–Trinajstić information content (AvgIpc) is 3.84. The second-order valence-electron chi connectivity index (χ2n) is 11.1. The first-order valence-electron chi connectivity index (χ1n) is 15.1. The van der Waals surface area contributed by atoms with Crippen molar-refractivity contribution in [3.05, 3.63) is 146 Å². The fourth-order valence-electron chi connectivity index (χ4n) is 6.68. The summed E-state index contributed by atoms with van der Waals surface area (Å²) in [6.45, 7) is 0. The number of fused-ring (bicyclic) bond motifs is 12. The summed E-state index contributed by atoms with van der Waals surface area (Å²) in [7, 11) is 0. The van der Waals surface area contributed by atoms with Gasteiger partial charge in [-0.3, -0.25) is 9.97 Å². The van der Waals surface area contributed by atoms with Gasteiger partial charge in [-0.2, -0.15) is 0 Å². The van der Waals surface area contributed by atoms with Crippen molar-refractivity contribution >= 4 is 65.2 Å². The second-order valence-corrected chi connectivity index (χ2v) is 11.1. The van der Waals surface area contributed by atoms with Crippen LogP contribution in [0, 0.1) is 0 Å². The molecular formula is C40H24N6Zn. The Morgan fingerprint density at radius 1 is 0.362 bits per heavy atom. The summed E-state index contributed by atoms with van der Waals surface area (Å²) in [5, 5.41) is 9.32. The summed E-state index contributed by atoms with van der Waals surface area (Å²) in [4.78, 5) is 27.1. The minimum absolute atomic E-state index is 0. The molecule has 0 amide bonds. The van der Waals surface area contributed by atoms with Crippen molar-refractivity contribution in [3.8, 4) is 22.5 Å². The molecule has 0 aliphatic rings. The molecule has 6 aromatic carbocycles. The molecule has 0 spiro atoms. The van der Waals surface area contributed by atoms with E-state index in [1.54, 1.807) is 12.7 Å². The number of rotatable bonds is 2. The van der Waals surface area contributed by atoms with E-state index >= 15 is 0 Å². The predicted octanol–water partition coefficient (Wildman–Crippen LogP) is 9.12. The van der Waals surface area contributed by atoms with Crippen LogP contribution in [0.25, 0.3) is 87.7 Å². The predicted molar refractivity (Wildman–Crippen MR) is 187 cm³/mol. The molecule has 0 aliphatic carbocycles. The summed E-state index contributed by atoms with van der Waals surface area (Å²) in [5.74, 6) is 0. The fourth-order valence-corrected chi connectivity index (χ4v) is 6.68. The number of benzene rings is 6. The average molecular weight is 654 g/mol. The van der Waals surface area contributed by atoms with Gasteiger partial charge in [0.05, 0.1) is 11.4 Å². The Morgan fingerprint density at radius 2 is 0.766 bits per heavy atom. The maximum absolute atomic E-state index is 4.54. The van der Waals surface area contributed by atoms with E-state index in [0.29, 0.717) is 0 Å². The molecule has 47 heavy (non-hydrogen) atoms. The smallest absolute Gasteiger partial charge is 0.442 e. The monoisotopic (exact) mass is 652 g/mol. The van der Waals surface area contributed by atoms with Crippen molar-refractivity contribution in [3.63, 3.8) is 0 Å². The summed E-state index contributed by atoms with van der Waals surface area (Å²) >= 11 is 0. The van der Waals surface area contributed by atoms with Crippen LogP contribution in [0.15, 0.2) is 146 Å². The van der Waals surface area contributed by atoms with Crippen LogP contribution >= 0.6 is 0 Å². The number of aromatic nitrogens is 6. The van der Waals surface area contributed by atoms with E-state index in [4.69, 9.17) is 0 Å². The van der Waals surface area contributed by atoms with Crippen molar-refractivity contribution in [1.29, 1.82) is 0 Å². The van der Waals surface area contributed by atoms with E-state index in [1.807, 2.05) is 60.9 Å². The maximum Gasteiger partial charge on any atom is 2.00 e. The molecule has 216 valence electrons. The molecule has 0 saturated heterocycles. The van der Waals surface area contributed by atoms with Gasteiger partial charge in [0.25, 0.3) is 0 Å². The van der Waals surface area contributed by atoms with Crippen LogP contribution in [-0.2, 0) is 19.5 Å². The van der Waals surface area contributed by atoms with Crippen LogP contribution in [0.4, 0.5) is 0 Å². The number of imidazole rings is 2. The van der Waals surface area contributed by atoms with Gasteiger partial charge >= 0.3 is 19.5 Å². The Morgan fingerprint density at radius 3 is 1.19 bits per heavy atom. The SMILES string of the molecule is [Zn+2].c1ccc(-c2cccc3c4ccccc4c4nc[n-]c4c23)nc1.c1ccc(-c2cccc3c4ccccc4c4nc[n-]c4c23)nc1. The summed E-state index contributed by atoms with van der Waals surface area (Å²) in [6, 6.07) is 41.4. The van der Waals surface area contributed by atoms with E-state index < -0.39 is 0 Å². The largest absolute Gasteiger partial charge is 2.00 e. The number of hydrogen-bond donors (Lipinski definition) is 0. The van der Waals surface area contributed by atoms with Crippen LogP contribution in [0.5, 0.6) is 0 Å². The summed E-state index contributed by atoms with van der Waals surface area (Å²) in [6.07, 6.45) is 6.93. The quantitative estimate of drug-likeness (QED) is 0.137. The van der Waals surface area contributed by atoms with Crippen LogP contribution in [0.3, 0.4) is 0 Å². The van der Waals surface area contributed by atoms with Crippen molar-refractivity contribution in [2.24, 2.45) is 0 Å². The summed E-state index contributed by atoms with van der Waals surface area (Å²) in [5.41, 5.74) is 7.90. The van der Waals surface area contributed by atoms with Crippen molar-refractivity contribution in [1.82, 2.24) is 29.9 Å². The van der Waals surface area contributed by atoms with Crippen molar-refractivity contribution in [2.45, 2.75) is 0 Å². The number of pyridine rings is 2. The van der Waals surface area contributed by atoms with E-state index in [2.05, 4.69) is 103 Å². The van der Waals surface area contributed by atoms with Gasteiger partial charge in [-0.05, 0) is 89.4 Å². The molecule has 0 atom stereocenters. The third-order valence-corrected chi connectivity index (χ3v) is 8.62. The van der Waals surface area contributed by atoms with Crippen LogP contribution in [0.1, 0.15) is 0 Å². The minimum Gasteiger partial charge on any atom is -0.442 e. The topological polar surface area (TPSA) is 79.8 Å². The second kappa shape index (κ2) is 11.9. The molecule has 0 radical (unpaired) electrons. The van der Waals surface area contributed by atoms with E-state index in [1.165, 1.54) is 21.5 Å². The Kier molecular flexibility index (Phi) is 7.24. The minimum atomic E-state index is 0. The van der Waals surface area contributed by atoms with Crippen LogP contribution in [-0.4, -0.2) is 19.9 Å². The van der Waals surface area contributed by atoms with Gasteiger partial charge in [-0.1, -0.05) is 110 Å². The summed E-state index contributed by atoms with van der Waals surface area (Å²) < 4.78 is 0. The van der Waals surface area contributed by atoms with Gasteiger partial charge in [0, 0.05) is 23.5 Å². The van der Waals surface area contributed by atoms with Crippen LogP contribution in [0.2, 0.25) is 0 Å². The molecule has 0 aliphatic heterocycles. The number of hydrogen-bond acceptors (Lipinski definition) is 4. The molecule has 6 nitrogen and oxygen atoms in total. The molecule has 7 heteroatoms. The first-order valence-corrected chi connectivity index (χ1v) is 15.1. The first-order chi connectivity index (χ1) is 22.9. The van der Waals surface area contributed by atoms with Gasteiger partial charge in [0.1, 0.15) is 0 Å². The molecule has 4 heterocycles. The standard InChI is InChI=1S/2C20H12N3.Zn/c2*1-2-7-15-13(6-1)14-8-5-9-16(17-10-3-4-11-21-17)18(14)20-19(15)22-12-23-20;/h2*1-12H;/q2*-1;+2. The Labute approximate surface area is 282 Å². The molecule has 0 bridgehead atoms. The van der Waals surface area contributed by atoms with Gasteiger partial charge in [-0.25, -0.2) is 0 Å². The zero-order valence-electron chi connectivity index (χ0n) is 25.2. The van der Waals surface area contributed by atoms with Crippen molar-refractivity contribution in [2.75, 3.05) is 0 Å². The van der Waals surface area contributed by atoms with Gasteiger partial charge in [-0.15, -0.1) is 0 Å². The number of nitrogens with zero attached hydrogens (tertiary/aromatic N) is 6. The molecule has 0 fully saturated rings. The Bertz CT molecular complexity index is 2510. The van der Waals surface area contributed by atoms with E-state index in [9.17, 15) is 0 Å². The van der Waals surface area contributed by atoms with Gasteiger partial charge in [0.15, 0.2) is 0 Å². The normalized spacial score (nSPS) is 11.2. The Balaban J connectivity index is 0.000000135. The third kappa shape index (κ3) is 4.67.